The molecule has 0 spiro atoms. The van der Waals surface area contributed by atoms with Gasteiger partial charge < -0.3 is 20.1 Å². The molecule has 0 saturated carbocycles. The fourth-order valence-corrected chi connectivity index (χ4v) is 2.38. The van der Waals surface area contributed by atoms with E-state index in [1.54, 1.807) is 20.8 Å². The van der Waals surface area contributed by atoms with E-state index in [1.807, 2.05) is 6.08 Å². The van der Waals surface area contributed by atoms with Gasteiger partial charge >= 0.3 is 12.1 Å². The molecule has 2 N–H and O–H groups in total. The first-order valence-corrected chi connectivity index (χ1v) is 9.64. The van der Waals surface area contributed by atoms with Crippen LogP contribution in [0.25, 0.3) is 0 Å². The highest BCUT2D eigenvalue weighted by molar-refractivity contribution is 5.85. The second kappa shape index (κ2) is 14.1. The molecule has 2 amide bonds. The Balaban J connectivity index is 4.14. The van der Waals surface area contributed by atoms with E-state index >= 15 is 0 Å². The number of hydrogen-bond acceptors (Lipinski definition) is 5. The van der Waals surface area contributed by atoms with E-state index in [9.17, 15) is 14.4 Å². The van der Waals surface area contributed by atoms with Crippen LogP contribution < -0.4 is 10.6 Å². The maximum Gasteiger partial charge on any atom is 0.407 e. The van der Waals surface area contributed by atoms with E-state index in [1.165, 1.54) is 13.5 Å². The summed E-state index contributed by atoms with van der Waals surface area (Å²) in [5.41, 5.74) is -0.639. The molecule has 0 saturated heterocycles. The summed E-state index contributed by atoms with van der Waals surface area (Å²) in [6.07, 6.45) is 8.99. The summed E-state index contributed by atoms with van der Waals surface area (Å²) in [7, 11) is 1.24. The van der Waals surface area contributed by atoms with Crippen LogP contribution in [0.4, 0.5) is 4.79 Å². The van der Waals surface area contributed by atoms with Crippen molar-refractivity contribution in [1.82, 2.24) is 10.6 Å². The minimum atomic E-state index is -0.936. The molecule has 1 atom stereocenters. The second-order valence-corrected chi connectivity index (χ2v) is 7.47. The van der Waals surface area contributed by atoms with Crippen LogP contribution in [-0.4, -0.2) is 43.3 Å². The highest BCUT2D eigenvalue weighted by atomic mass is 16.6. The van der Waals surface area contributed by atoms with Gasteiger partial charge in [-0.2, -0.15) is 0 Å². The SMILES string of the molecule is C=CCCCCCCCCC(=O)NC(CNC(=O)OC(C)(C)C)C(=O)OC. The van der Waals surface area contributed by atoms with Gasteiger partial charge in [0.05, 0.1) is 13.7 Å². The molecular formula is C20H36N2O5. The second-order valence-electron chi connectivity index (χ2n) is 7.47. The molecule has 0 aliphatic heterocycles. The van der Waals surface area contributed by atoms with E-state index in [0.717, 1.165) is 38.5 Å². The number of esters is 1. The van der Waals surface area contributed by atoms with Crippen molar-refractivity contribution in [1.29, 1.82) is 0 Å². The molecule has 0 bridgehead atoms. The van der Waals surface area contributed by atoms with Crippen molar-refractivity contribution in [2.24, 2.45) is 0 Å². The van der Waals surface area contributed by atoms with Crippen molar-refractivity contribution in [3.63, 3.8) is 0 Å². The first-order valence-electron chi connectivity index (χ1n) is 9.64. The number of methoxy groups -OCH3 is 1. The summed E-state index contributed by atoms with van der Waals surface area (Å²) in [4.78, 5) is 35.6. The number of unbranched alkanes of at least 4 members (excludes halogenated alkanes) is 6. The Morgan fingerprint density at radius 1 is 1.04 bits per heavy atom. The monoisotopic (exact) mass is 384 g/mol. The summed E-state index contributed by atoms with van der Waals surface area (Å²) in [5, 5.41) is 5.09. The summed E-state index contributed by atoms with van der Waals surface area (Å²) in [5.74, 6) is -0.843. The van der Waals surface area contributed by atoms with E-state index in [-0.39, 0.29) is 12.5 Å². The number of ether oxygens (including phenoxy) is 2. The minimum Gasteiger partial charge on any atom is -0.467 e. The van der Waals surface area contributed by atoms with E-state index in [2.05, 4.69) is 21.9 Å². The minimum absolute atomic E-state index is 0.0867. The molecule has 0 aliphatic rings. The van der Waals surface area contributed by atoms with Crippen LogP contribution in [0.2, 0.25) is 0 Å². The van der Waals surface area contributed by atoms with Crippen LogP contribution in [0.15, 0.2) is 12.7 Å². The Bertz CT molecular complexity index is 471. The highest BCUT2D eigenvalue weighted by Crippen LogP contribution is 2.09. The zero-order valence-electron chi connectivity index (χ0n) is 17.3. The smallest absolute Gasteiger partial charge is 0.407 e. The quantitative estimate of drug-likeness (QED) is 0.288. The van der Waals surface area contributed by atoms with Crippen molar-refractivity contribution in [3.8, 4) is 0 Å². The molecular weight excluding hydrogens is 348 g/mol. The van der Waals surface area contributed by atoms with Gasteiger partial charge in [0.15, 0.2) is 0 Å². The molecule has 1 unspecified atom stereocenters. The Labute approximate surface area is 163 Å². The summed E-state index contributed by atoms with van der Waals surface area (Å²) < 4.78 is 9.80. The van der Waals surface area contributed by atoms with Gasteiger partial charge in [0, 0.05) is 6.42 Å². The molecule has 0 heterocycles. The normalized spacial score (nSPS) is 12.0. The largest absolute Gasteiger partial charge is 0.467 e. The molecule has 7 heteroatoms. The molecule has 7 nitrogen and oxygen atoms in total. The van der Waals surface area contributed by atoms with Crippen molar-refractivity contribution >= 4 is 18.0 Å². The maximum absolute atomic E-state index is 12.0. The fraction of sp³-hybridized carbons (Fsp3) is 0.750. The van der Waals surface area contributed by atoms with Gasteiger partial charge in [-0.25, -0.2) is 9.59 Å². The lowest BCUT2D eigenvalue weighted by molar-refractivity contribution is -0.144. The average molecular weight is 385 g/mol. The van der Waals surface area contributed by atoms with Crippen LogP contribution in [-0.2, 0) is 19.1 Å². The Kier molecular flexibility index (Phi) is 13.0. The third-order valence-electron chi connectivity index (χ3n) is 3.73. The lowest BCUT2D eigenvalue weighted by Gasteiger charge is -2.21. The van der Waals surface area contributed by atoms with Crippen LogP contribution in [0.5, 0.6) is 0 Å². The molecule has 0 aromatic carbocycles. The molecule has 0 aromatic rings. The van der Waals surface area contributed by atoms with Gasteiger partial charge in [0.1, 0.15) is 11.6 Å². The molecule has 0 rings (SSSR count). The topological polar surface area (TPSA) is 93.7 Å². The van der Waals surface area contributed by atoms with Gasteiger partial charge in [0.2, 0.25) is 5.91 Å². The zero-order valence-corrected chi connectivity index (χ0v) is 17.3. The van der Waals surface area contributed by atoms with Gasteiger partial charge in [-0.3, -0.25) is 4.79 Å². The summed E-state index contributed by atoms with van der Waals surface area (Å²) in [6.45, 7) is 8.84. The van der Waals surface area contributed by atoms with E-state index < -0.39 is 23.7 Å². The van der Waals surface area contributed by atoms with Crippen molar-refractivity contribution in [2.45, 2.75) is 83.8 Å². The summed E-state index contributed by atoms with van der Waals surface area (Å²) in [6, 6.07) is -0.936. The van der Waals surface area contributed by atoms with Crippen LogP contribution >= 0.6 is 0 Å². The predicted molar refractivity (Wildman–Crippen MR) is 105 cm³/mol. The van der Waals surface area contributed by atoms with E-state index in [0.29, 0.717) is 6.42 Å². The number of amides is 2. The third kappa shape index (κ3) is 14.8. The Morgan fingerprint density at radius 2 is 1.63 bits per heavy atom. The van der Waals surface area contributed by atoms with Crippen LogP contribution in [0.1, 0.15) is 72.1 Å². The Hall–Kier alpha value is -2.05. The van der Waals surface area contributed by atoms with Crippen molar-refractivity contribution in [2.75, 3.05) is 13.7 Å². The lowest BCUT2D eigenvalue weighted by Crippen LogP contribution is -2.49. The Morgan fingerprint density at radius 3 is 2.19 bits per heavy atom. The zero-order chi connectivity index (χ0) is 20.7. The number of carbonyl (C=O) groups is 3. The number of rotatable bonds is 13. The van der Waals surface area contributed by atoms with Crippen LogP contribution in [0.3, 0.4) is 0 Å². The molecule has 0 aromatic heterocycles. The molecule has 0 fully saturated rings. The summed E-state index contributed by atoms with van der Waals surface area (Å²) >= 11 is 0. The number of hydrogen-bond donors (Lipinski definition) is 2. The van der Waals surface area contributed by atoms with Gasteiger partial charge in [-0.15, -0.1) is 6.58 Å². The van der Waals surface area contributed by atoms with Crippen LogP contribution in [0, 0.1) is 0 Å². The van der Waals surface area contributed by atoms with Gasteiger partial charge in [-0.1, -0.05) is 31.8 Å². The highest BCUT2D eigenvalue weighted by Gasteiger charge is 2.23. The fourth-order valence-electron chi connectivity index (χ4n) is 2.38. The number of carbonyl (C=O) groups excluding carboxylic acids is 3. The molecule has 27 heavy (non-hydrogen) atoms. The molecule has 0 aliphatic carbocycles. The molecule has 0 radical (unpaired) electrons. The van der Waals surface area contributed by atoms with Crippen molar-refractivity contribution in [3.05, 3.63) is 12.7 Å². The standard InChI is InChI=1S/C20H36N2O5/c1-6-7-8-9-10-11-12-13-14-17(23)22-16(18(24)26-5)15-21-19(25)27-20(2,3)4/h6,16H,1,7-15H2,2-5H3,(H,21,25)(H,22,23). The molecule has 156 valence electrons. The van der Waals surface area contributed by atoms with E-state index in [4.69, 9.17) is 4.74 Å². The predicted octanol–water partition coefficient (Wildman–Crippen LogP) is 3.48. The number of nitrogens with one attached hydrogen (secondary N) is 2. The van der Waals surface area contributed by atoms with Crippen molar-refractivity contribution < 1.29 is 23.9 Å². The first-order chi connectivity index (χ1) is 12.7. The lowest BCUT2D eigenvalue weighted by atomic mass is 10.1. The first kappa shape index (κ1) is 24.9. The third-order valence-corrected chi connectivity index (χ3v) is 3.73. The van der Waals surface area contributed by atoms with Gasteiger partial charge in [-0.05, 0) is 40.0 Å². The number of alkyl carbamates (subject to hydrolysis) is 1. The number of allylic oxidation sites excluding steroid dienone is 1. The maximum atomic E-state index is 12.0. The average Bonchev–Trinajstić information content (AvgIpc) is 2.58. The van der Waals surface area contributed by atoms with Gasteiger partial charge in [0.25, 0.3) is 0 Å².